The maximum Gasteiger partial charge on any atom is 0.251 e. The van der Waals surface area contributed by atoms with Crippen molar-refractivity contribution in [2.75, 3.05) is 0 Å². The molecule has 0 unspecified atom stereocenters. The fourth-order valence-corrected chi connectivity index (χ4v) is 3.68. The molecule has 24 heavy (non-hydrogen) atoms. The normalized spacial score (nSPS) is 10.1. The van der Waals surface area contributed by atoms with Crippen LogP contribution in [0.15, 0.2) is 53.2 Å². The van der Waals surface area contributed by atoms with Gasteiger partial charge < -0.3 is 5.32 Å². The van der Waals surface area contributed by atoms with E-state index in [0.29, 0.717) is 28.1 Å². The van der Waals surface area contributed by atoms with Crippen LogP contribution in [0.4, 0.5) is 0 Å². The third-order valence-corrected chi connectivity index (χ3v) is 5.11. The predicted octanol–water partition coefficient (Wildman–Crippen LogP) is 3.84. The lowest BCUT2D eigenvalue weighted by Crippen LogP contribution is -2.22. The Morgan fingerprint density at radius 2 is 2.00 bits per heavy atom. The lowest BCUT2D eigenvalue weighted by atomic mass is 10.1. The number of hydrogen-bond acceptors (Lipinski definition) is 5. The molecule has 0 fully saturated rings. The summed E-state index contributed by atoms with van der Waals surface area (Å²) >= 11 is 2.86. The Kier molecular flexibility index (Phi) is 4.85. The van der Waals surface area contributed by atoms with Crippen molar-refractivity contribution in [2.24, 2.45) is 0 Å². The first kappa shape index (κ1) is 16.1. The highest BCUT2D eigenvalue weighted by atomic mass is 32.1. The number of nitrogens with zero attached hydrogens (tertiary/aromatic N) is 1. The third kappa shape index (κ3) is 3.59. The van der Waals surface area contributed by atoms with Crippen LogP contribution in [0.5, 0.6) is 0 Å². The number of thiophene rings is 2. The summed E-state index contributed by atoms with van der Waals surface area (Å²) in [5.41, 5.74) is 1.58. The number of benzene rings is 1. The molecule has 0 saturated carbocycles. The molecular weight excluding hydrogens is 340 g/mol. The molecule has 0 atom stereocenters. The van der Waals surface area contributed by atoms with E-state index in [1.165, 1.54) is 22.7 Å². The number of nitrogens with one attached hydrogen (secondary N) is 1. The van der Waals surface area contributed by atoms with E-state index in [1.807, 2.05) is 22.9 Å². The molecule has 118 valence electrons. The van der Waals surface area contributed by atoms with Crippen LogP contribution in [0, 0.1) is 11.3 Å². The first-order valence-electron chi connectivity index (χ1n) is 7.11. The SMILES string of the molecule is N#Cc1cccc(C(=O)NCc2ccc(C(=O)c3ccsc3)s2)c1. The fourth-order valence-electron chi connectivity index (χ4n) is 2.13. The molecule has 0 bridgehead atoms. The summed E-state index contributed by atoms with van der Waals surface area (Å²) in [6, 6.07) is 14.0. The van der Waals surface area contributed by atoms with Crippen molar-refractivity contribution in [2.45, 2.75) is 6.54 Å². The summed E-state index contributed by atoms with van der Waals surface area (Å²) < 4.78 is 0. The molecule has 1 N–H and O–H groups in total. The smallest absolute Gasteiger partial charge is 0.251 e. The minimum Gasteiger partial charge on any atom is -0.347 e. The van der Waals surface area contributed by atoms with Crippen molar-refractivity contribution in [3.05, 3.63) is 79.7 Å². The van der Waals surface area contributed by atoms with Gasteiger partial charge in [-0.1, -0.05) is 6.07 Å². The van der Waals surface area contributed by atoms with Crippen LogP contribution in [0.1, 0.15) is 36.0 Å². The van der Waals surface area contributed by atoms with Gasteiger partial charge in [-0.05, 0) is 41.8 Å². The van der Waals surface area contributed by atoms with E-state index in [9.17, 15) is 9.59 Å². The maximum absolute atomic E-state index is 12.3. The van der Waals surface area contributed by atoms with E-state index < -0.39 is 0 Å². The van der Waals surface area contributed by atoms with Gasteiger partial charge in [0.2, 0.25) is 5.78 Å². The van der Waals surface area contributed by atoms with Gasteiger partial charge in [0.15, 0.2) is 0 Å². The van der Waals surface area contributed by atoms with E-state index in [2.05, 4.69) is 5.32 Å². The van der Waals surface area contributed by atoms with E-state index >= 15 is 0 Å². The van der Waals surface area contributed by atoms with E-state index in [1.54, 1.807) is 36.4 Å². The number of carbonyl (C=O) groups is 2. The van der Waals surface area contributed by atoms with Crippen molar-refractivity contribution in [3.63, 3.8) is 0 Å². The van der Waals surface area contributed by atoms with Crippen LogP contribution < -0.4 is 5.32 Å². The topological polar surface area (TPSA) is 70.0 Å². The van der Waals surface area contributed by atoms with Gasteiger partial charge in [-0.3, -0.25) is 9.59 Å². The van der Waals surface area contributed by atoms with Gasteiger partial charge in [0, 0.05) is 21.4 Å². The summed E-state index contributed by atoms with van der Waals surface area (Å²) in [6.45, 7) is 0.344. The number of nitriles is 1. The van der Waals surface area contributed by atoms with Crippen molar-refractivity contribution in [1.82, 2.24) is 5.32 Å². The number of rotatable bonds is 5. The summed E-state index contributed by atoms with van der Waals surface area (Å²) in [5.74, 6) is -0.244. The average molecular weight is 352 g/mol. The van der Waals surface area contributed by atoms with Gasteiger partial charge in [-0.2, -0.15) is 16.6 Å². The number of amides is 1. The predicted molar refractivity (Wildman–Crippen MR) is 94.4 cm³/mol. The molecule has 0 spiro atoms. The molecule has 2 heterocycles. The van der Waals surface area contributed by atoms with Crippen LogP contribution >= 0.6 is 22.7 Å². The largest absolute Gasteiger partial charge is 0.347 e. The highest BCUT2D eigenvalue weighted by molar-refractivity contribution is 7.14. The molecule has 4 nitrogen and oxygen atoms in total. The molecule has 3 aromatic rings. The summed E-state index contributed by atoms with van der Waals surface area (Å²) in [7, 11) is 0. The molecule has 1 aromatic carbocycles. The summed E-state index contributed by atoms with van der Waals surface area (Å²) in [5, 5.41) is 15.4. The fraction of sp³-hybridized carbons (Fsp3) is 0.0556. The van der Waals surface area contributed by atoms with Gasteiger partial charge in [0.1, 0.15) is 0 Å². The second-order valence-corrected chi connectivity index (χ2v) is 6.93. The van der Waals surface area contributed by atoms with Crippen molar-refractivity contribution < 1.29 is 9.59 Å². The van der Waals surface area contributed by atoms with Gasteiger partial charge >= 0.3 is 0 Å². The van der Waals surface area contributed by atoms with Crippen LogP contribution in [-0.4, -0.2) is 11.7 Å². The summed E-state index contributed by atoms with van der Waals surface area (Å²) in [6.07, 6.45) is 0. The molecule has 0 aliphatic carbocycles. The number of hydrogen-bond donors (Lipinski definition) is 1. The van der Waals surface area contributed by atoms with Crippen LogP contribution in [0.25, 0.3) is 0 Å². The monoisotopic (exact) mass is 352 g/mol. The average Bonchev–Trinajstić information content (AvgIpc) is 3.31. The van der Waals surface area contributed by atoms with Gasteiger partial charge in [0.05, 0.1) is 23.1 Å². The van der Waals surface area contributed by atoms with Crippen LogP contribution in [0.3, 0.4) is 0 Å². The Morgan fingerprint density at radius 3 is 2.75 bits per heavy atom. The van der Waals surface area contributed by atoms with Gasteiger partial charge in [0.25, 0.3) is 5.91 Å². The Bertz CT molecular complexity index is 921. The molecule has 1 amide bonds. The lowest BCUT2D eigenvalue weighted by Gasteiger charge is -2.03. The summed E-state index contributed by atoms with van der Waals surface area (Å²) in [4.78, 5) is 25.9. The Labute approximate surface area is 147 Å². The third-order valence-electron chi connectivity index (χ3n) is 3.35. The van der Waals surface area contributed by atoms with Crippen LogP contribution in [0.2, 0.25) is 0 Å². The molecule has 0 aliphatic heterocycles. The molecule has 0 radical (unpaired) electrons. The number of carbonyl (C=O) groups excluding carboxylic acids is 2. The first-order valence-corrected chi connectivity index (χ1v) is 8.87. The highest BCUT2D eigenvalue weighted by Gasteiger charge is 2.13. The van der Waals surface area contributed by atoms with E-state index in [4.69, 9.17) is 5.26 Å². The van der Waals surface area contributed by atoms with Crippen molar-refractivity contribution >= 4 is 34.4 Å². The maximum atomic E-state index is 12.3. The van der Waals surface area contributed by atoms with E-state index in [0.717, 1.165) is 4.88 Å². The standard InChI is InChI=1S/C18H12N2O2S2/c19-9-12-2-1-3-13(8-12)18(22)20-10-15-4-5-16(24-15)17(21)14-6-7-23-11-14/h1-8,11H,10H2,(H,20,22). The molecule has 0 aliphatic rings. The Morgan fingerprint density at radius 1 is 1.12 bits per heavy atom. The molecule has 6 heteroatoms. The molecule has 2 aromatic heterocycles. The van der Waals surface area contributed by atoms with Crippen molar-refractivity contribution in [1.29, 1.82) is 5.26 Å². The van der Waals surface area contributed by atoms with Gasteiger partial charge in [-0.25, -0.2) is 0 Å². The lowest BCUT2D eigenvalue weighted by molar-refractivity contribution is 0.0950. The zero-order chi connectivity index (χ0) is 16.9. The minimum atomic E-state index is -0.244. The van der Waals surface area contributed by atoms with E-state index in [-0.39, 0.29) is 11.7 Å². The van der Waals surface area contributed by atoms with Crippen LogP contribution in [-0.2, 0) is 6.54 Å². The first-order chi connectivity index (χ1) is 11.7. The Balaban J connectivity index is 1.64. The second-order valence-electron chi connectivity index (χ2n) is 4.98. The second kappa shape index (κ2) is 7.21. The molecule has 0 saturated heterocycles. The van der Waals surface area contributed by atoms with Gasteiger partial charge in [-0.15, -0.1) is 11.3 Å². The number of ketones is 1. The zero-order valence-electron chi connectivity index (χ0n) is 12.5. The quantitative estimate of drug-likeness (QED) is 0.709. The molecule has 3 rings (SSSR count). The molecular formula is C18H12N2O2S2. The Hall–Kier alpha value is -2.75. The minimum absolute atomic E-state index is 0.000507. The zero-order valence-corrected chi connectivity index (χ0v) is 14.1. The highest BCUT2D eigenvalue weighted by Crippen LogP contribution is 2.21. The van der Waals surface area contributed by atoms with Crippen molar-refractivity contribution in [3.8, 4) is 6.07 Å².